The maximum absolute atomic E-state index is 12.8. The summed E-state index contributed by atoms with van der Waals surface area (Å²) in [5.74, 6) is 0.964. The van der Waals surface area contributed by atoms with Gasteiger partial charge in [0.15, 0.2) is 10.9 Å². The van der Waals surface area contributed by atoms with E-state index in [4.69, 9.17) is 27.8 Å². The first-order valence-corrected chi connectivity index (χ1v) is 18.2. The zero-order valence-corrected chi connectivity index (χ0v) is 38.8. The average molecular weight is 1000 g/mol. The Bertz CT molecular complexity index is 2470. The zero-order chi connectivity index (χ0) is 37.8. The molecule has 0 radical (unpaired) electrons. The molecular weight excluding hydrogens is 946 g/mol. The molecule has 6 aromatic rings. The van der Waals surface area contributed by atoms with Gasteiger partial charge in [-0.1, -0.05) is 12.1 Å². The molecule has 4 aromatic carbocycles. The Morgan fingerprint density at radius 3 is 1.11 bits per heavy atom. The summed E-state index contributed by atoms with van der Waals surface area (Å²) in [5.41, 5.74) is 0.727. The molecule has 27 heteroatoms. The molecule has 63 heavy (non-hydrogen) atoms. The maximum Gasteiger partial charge on any atom is 2.00 e. The molecule has 0 spiro atoms. The van der Waals surface area contributed by atoms with E-state index in [-0.39, 0.29) is 119 Å². The van der Waals surface area contributed by atoms with E-state index in [0.717, 1.165) is 12.1 Å². The van der Waals surface area contributed by atoms with Gasteiger partial charge in [0.25, 0.3) is 0 Å². The Morgan fingerprint density at radius 2 is 0.841 bits per heavy atom. The second-order valence-corrected chi connectivity index (χ2v) is 13.5. The van der Waals surface area contributed by atoms with Crippen molar-refractivity contribution in [2.45, 2.75) is 23.6 Å². The van der Waals surface area contributed by atoms with Crippen molar-refractivity contribution in [3.05, 3.63) is 106 Å². The third kappa shape index (κ3) is 16.0. The average Bonchev–Trinajstić information content (AvgIpc) is 3.11. The minimum atomic E-state index is -4.77. The van der Waals surface area contributed by atoms with Crippen LogP contribution in [0.3, 0.4) is 0 Å². The fourth-order valence-corrected chi connectivity index (χ4v) is 6.55. The number of hydrogen-bond donors (Lipinski definition) is 0. The molecule has 2 aromatic heterocycles. The van der Waals surface area contributed by atoms with E-state index in [1.165, 1.54) is 51.0 Å². The molecule has 352 valence electrons. The van der Waals surface area contributed by atoms with Gasteiger partial charge in [0.2, 0.25) is 0 Å². The van der Waals surface area contributed by atoms with Gasteiger partial charge in [-0.25, -0.2) is 16.8 Å². The van der Waals surface area contributed by atoms with Crippen LogP contribution in [0.5, 0.6) is 23.0 Å². The van der Waals surface area contributed by atoms with Gasteiger partial charge in [0.1, 0.15) is 66.9 Å². The van der Waals surface area contributed by atoms with Crippen molar-refractivity contribution in [2.75, 3.05) is 27.4 Å². The van der Waals surface area contributed by atoms with Gasteiger partial charge < -0.3 is 91.6 Å². The second kappa shape index (κ2) is 29.8. The van der Waals surface area contributed by atoms with E-state index in [9.17, 15) is 35.5 Å². The van der Waals surface area contributed by atoms with Crippen molar-refractivity contribution in [2.24, 2.45) is 0 Å². The molecule has 0 amide bonds. The van der Waals surface area contributed by atoms with Gasteiger partial charge >= 0.3 is 19.5 Å². The fourth-order valence-electron chi connectivity index (χ4n) is 5.21. The Hall–Kier alpha value is -5.46. The van der Waals surface area contributed by atoms with Crippen LogP contribution < -0.4 is 29.8 Å². The van der Waals surface area contributed by atoms with Crippen LogP contribution in [0.15, 0.2) is 114 Å². The van der Waals surface area contributed by atoms with E-state index in [1.807, 2.05) is 13.8 Å². The Kier molecular flexibility index (Phi) is 34.0. The summed E-state index contributed by atoms with van der Waals surface area (Å²) in [7, 11) is -7.03. The summed E-state index contributed by atoms with van der Waals surface area (Å²) in [4.78, 5) is 24.4. The zero-order valence-electron chi connectivity index (χ0n) is 34.2. The van der Waals surface area contributed by atoms with Gasteiger partial charge in [-0.3, -0.25) is 9.59 Å². The molecule has 26 N–H and O–H groups in total. The third-order valence-electron chi connectivity index (χ3n) is 7.60. The summed E-state index contributed by atoms with van der Waals surface area (Å²) in [6.45, 7) is 4.64. The SMILES string of the molecule is CCOc1ccc2c(=O)c(-c3ccc(OC)c(S(=O)(=O)[O-])c3)coc2c1.CCOc1ccc2c(=O)c(-c3ccc(OC)c(S(=O)(=O)[O-])c3)coc2c1.O.O.O.O.[OH3+].[OH3+].[OH3+].[OH3+].[OH3+].[OH3+].[Zn+2]. The van der Waals surface area contributed by atoms with Crippen LogP contribution in [0.1, 0.15) is 13.8 Å². The Labute approximate surface area is 370 Å². The summed E-state index contributed by atoms with van der Waals surface area (Å²) >= 11 is 0. The molecule has 0 atom stereocenters. The molecule has 0 aliphatic heterocycles. The van der Waals surface area contributed by atoms with Crippen molar-refractivity contribution in [1.29, 1.82) is 0 Å². The molecule has 6 rings (SSSR count). The van der Waals surface area contributed by atoms with E-state index in [2.05, 4.69) is 0 Å². The first-order chi connectivity index (χ1) is 24.7. The number of benzene rings is 4. The van der Waals surface area contributed by atoms with Crippen LogP contribution in [-0.2, 0) is 72.6 Å². The van der Waals surface area contributed by atoms with Crippen LogP contribution in [0.2, 0.25) is 0 Å². The monoisotopic (exact) mass is 1000 g/mol. The number of hydrogen-bond acceptors (Lipinski definition) is 14. The van der Waals surface area contributed by atoms with Crippen LogP contribution >= 0.6 is 0 Å². The van der Waals surface area contributed by atoms with Gasteiger partial charge in [-0.2, -0.15) is 0 Å². The standard InChI is InChI=1S/2C18H16O7S.10H2O.Zn/c2*1-3-24-12-5-6-13-16(9-12)25-10-14(18(13)19)11-4-7-15(23-2)17(8-11)26(20,21)22;;;;;;;;;;;/h2*4-10H,3H2,1-2H3,(H,20,21,22);10*1H2;/q;;;;;;;;;;;;+2/p+4. The predicted molar refractivity (Wildman–Crippen MR) is 231 cm³/mol. The molecule has 2 heterocycles. The summed E-state index contributed by atoms with van der Waals surface area (Å²) in [6.07, 6.45) is 2.45. The van der Waals surface area contributed by atoms with Crippen molar-refractivity contribution in [3.8, 4) is 45.3 Å². The van der Waals surface area contributed by atoms with E-state index < -0.39 is 30.0 Å². The van der Waals surface area contributed by atoms with Crippen LogP contribution in [0.25, 0.3) is 44.2 Å². The summed E-state index contributed by atoms with van der Waals surface area (Å²) in [6, 6.07) is 17.5. The second-order valence-electron chi connectivity index (χ2n) is 10.8. The molecule has 0 bridgehead atoms. The molecule has 24 nitrogen and oxygen atoms in total. The summed E-state index contributed by atoms with van der Waals surface area (Å²) in [5, 5.41) is 0.626. The molecule has 0 unspecified atom stereocenters. The van der Waals surface area contributed by atoms with Crippen LogP contribution in [0, 0.1) is 0 Å². The minimum absolute atomic E-state index is 0. The number of ether oxygens (including phenoxy) is 4. The van der Waals surface area contributed by atoms with Crippen LogP contribution in [0.4, 0.5) is 0 Å². The Morgan fingerprint density at radius 1 is 0.524 bits per heavy atom. The third-order valence-corrected chi connectivity index (χ3v) is 9.32. The van der Waals surface area contributed by atoms with Crippen LogP contribution in [-0.4, -0.2) is 75.3 Å². The number of methoxy groups -OCH3 is 2. The molecule has 0 saturated heterocycles. The number of rotatable bonds is 10. The first-order valence-electron chi connectivity index (χ1n) is 15.4. The van der Waals surface area contributed by atoms with Crippen molar-refractivity contribution in [3.63, 3.8) is 0 Å². The Balaban J connectivity index is -0.000000170. The van der Waals surface area contributed by atoms with Gasteiger partial charge in [0, 0.05) is 12.1 Å². The van der Waals surface area contributed by atoms with E-state index in [1.54, 1.807) is 36.4 Å². The van der Waals surface area contributed by atoms with Gasteiger partial charge in [-0.15, -0.1) is 0 Å². The van der Waals surface area contributed by atoms with E-state index >= 15 is 0 Å². The maximum atomic E-state index is 12.8. The van der Waals surface area contributed by atoms with Gasteiger partial charge in [0.05, 0.1) is 59.1 Å². The smallest absolute Gasteiger partial charge is 0.744 e. The predicted octanol–water partition coefficient (Wildman–Crippen LogP) is -3.29. The van der Waals surface area contributed by atoms with Gasteiger partial charge in [-0.05, 0) is 73.5 Å². The van der Waals surface area contributed by atoms with Crippen molar-refractivity contribution in [1.82, 2.24) is 0 Å². The molecule has 0 aliphatic rings. The van der Waals surface area contributed by atoms with Crippen molar-refractivity contribution >= 4 is 42.2 Å². The largest absolute Gasteiger partial charge is 2.00 e. The molecular formula is C36H56O24S2Zn+6. The minimum Gasteiger partial charge on any atom is -0.744 e. The quantitative estimate of drug-likeness (QED) is 0.0738. The van der Waals surface area contributed by atoms with E-state index in [0.29, 0.717) is 46.7 Å². The fraction of sp³-hybridized carbons (Fsp3) is 0.167. The topological polar surface area (TPSA) is 536 Å². The first kappa shape index (κ1) is 72.0. The number of fused-ring (bicyclic) bond motifs is 2. The van der Waals surface area contributed by atoms with Crippen molar-refractivity contribution < 1.29 is 128 Å². The summed E-state index contributed by atoms with van der Waals surface area (Å²) < 4.78 is 100. The molecule has 0 fully saturated rings. The normalized spacial score (nSPS) is 9.49. The molecule has 0 saturated carbocycles. The molecule has 0 aliphatic carbocycles.